The molecule has 3 aromatic rings. The number of nitrogen functional groups attached to an aromatic ring is 1. The summed E-state index contributed by atoms with van der Waals surface area (Å²) in [6.07, 6.45) is -1.47. The van der Waals surface area contributed by atoms with E-state index in [-0.39, 0.29) is 28.5 Å². The van der Waals surface area contributed by atoms with Crippen LogP contribution in [-0.4, -0.2) is 69.0 Å². The van der Waals surface area contributed by atoms with Crippen LogP contribution in [0.2, 0.25) is 0 Å². The second-order valence-corrected chi connectivity index (χ2v) is 11.3. The first-order chi connectivity index (χ1) is 20.5. The number of benzene rings is 1. The molecule has 0 amide bonds. The van der Waals surface area contributed by atoms with Crippen LogP contribution < -0.4 is 20.7 Å². The summed E-state index contributed by atoms with van der Waals surface area (Å²) < 4.78 is 50.8. The number of anilines is 2. The number of carbonyl (C=O) groups excluding carboxylic acids is 1. The Balaban J connectivity index is 1.41. The Bertz CT molecular complexity index is 1470. The van der Waals surface area contributed by atoms with Crippen molar-refractivity contribution in [3.63, 3.8) is 0 Å². The Labute approximate surface area is 246 Å². The highest BCUT2D eigenvalue weighted by Crippen LogP contribution is 2.42. The number of ether oxygens (including phenoxy) is 1. The number of hydrogen-bond donors (Lipinski definition) is 3. The number of piperidine rings is 1. The van der Waals surface area contributed by atoms with Crippen molar-refractivity contribution in [3.05, 3.63) is 53.3 Å². The number of nitrogens with one attached hydrogen (secondary N) is 1. The number of carbonyl (C=O) groups is 2. The van der Waals surface area contributed by atoms with E-state index in [1.165, 1.54) is 16.8 Å². The van der Waals surface area contributed by atoms with Gasteiger partial charge >= 0.3 is 12.1 Å². The van der Waals surface area contributed by atoms with Crippen LogP contribution in [0.4, 0.5) is 24.9 Å². The van der Waals surface area contributed by atoms with Crippen LogP contribution in [-0.2, 0) is 16.0 Å². The van der Waals surface area contributed by atoms with Crippen LogP contribution in [0, 0.1) is 12.3 Å². The number of aliphatic carboxylic acids is 1. The number of nitrogens with zero attached hydrogens (tertiary/aromatic N) is 5. The summed E-state index contributed by atoms with van der Waals surface area (Å²) in [6.45, 7) is 3.39. The van der Waals surface area contributed by atoms with Gasteiger partial charge in [0.25, 0.3) is 0 Å². The van der Waals surface area contributed by atoms with Crippen molar-refractivity contribution in [1.82, 2.24) is 25.1 Å². The summed E-state index contributed by atoms with van der Waals surface area (Å²) in [5.74, 6) is -1.08. The van der Waals surface area contributed by atoms with Gasteiger partial charge in [-0.15, -0.1) is 0 Å². The van der Waals surface area contributed by atoms with Crippen LogP contribution in [0.15, 0.2) is 36.5 Å². The molecule has 43 heavy (non-hydrogen) atoms. The largest absolute Gasteiger partial charge is 0.480 e. The zero-order valence-electron chi connectivity index (χ0n) is 23.7. The van der Waals surface area contributed by atoms with Gasteiger partial charge in [0.15, 0.2) is 0 Å². The van der Waals surface area contributed by atoms with Crippen molar-refractivity contribution < 1.29 is 32.6 Å². The summed E-state index contributed by atoms with van der Waals surface area (Å²) in [4.78, 5) is 32.3. The van der Waals surface area contributed by atoms with E-state index < -0.39 is 24.3 Å². The zero-order chi connectivity index (χ0) is 30.8. The molecular formula is C29H34F3N7O4. The van der Waals surface area contributed by atoms with Crippen LogP contribution in [0.5, 0.6) is 5.88 Å². The van der Waals surface area contributed by atoms with Crippen molar-refractivity contribution in [1.29, 1.82) is 0 Å². The van der Waals surface area contributed by atoms with Gasteiger partial charge in [-0.1, -0.05) is 12.1 Å². The molecule has 230 valence electrons. The van der Waals surface area contributed by atoms with E-state index in [2.05, 4.69) is 20.4 Å². The quantitative estimate of drug-likeness (QED) is 0.232. The van der Waals surface area contributed by atoms with Crippen molar-refractivity contribution in [2.75, 3.05) is 30.3 Å². The van der Waals surface area contributed by atoms with Gasteiger partial charge in [-0.05, 0) is 62.1 Å². The fraction of sp³-hybridized carbons (Fsp3) is 0.483. The van der Waals surface area contributed by atoms with Gasteiger partial charge < -0.3 is 30.6 Å². The Kier molecular flexibility index (Phi) is 8.58. The lowest BCUT2D eigenvalue weighted by Gasteiger charge is -2.39. The molecule has 2 aliphatic rings. The summed E-state index contributed by atoms with van der Waals surface area (Å²) in [5.41, 5.74) is 7.22. The predicted octanol–water partition coefficient (Wildman–Crippen LogP) is 3.79. The normalized spacial score (nSPS) is 19.0. The van der Waals surface area contributed by atoms with E-state index >= 15 is 0 Å². The minimum atomic E-state index is -4.82. The Hall–Kier alpha value is -4.20. The predicted molar refractivity (Wildman–Crippen MR) is 151 cm³/mol. The number of unbranched alkanes of at least 4 members (excludes halogenated alkanes) is 1. The lowest BCUT2D eigenvalue weighted by molar-refractivity contribution is -0.198. The molecule has 2 aromatic heterocycles. The van der Waals surface area contributed by atoms with Crippen molar-refractivity contribution in [3.8, 4) is 11.6 Å². The molecule has 2 fully saturated rings. The third-order valence-electron chi connectivity index (χ3n) is 8.18. The first-order valence-electron chi connectivity index (χ1n) is 14.1. The first-order valence-corrected chi connectivity index (χ1v) is 14.1. The number of aryl methyl sites for hydroxylation is 2. The maximum atomic E-state index is 14.6. The minimum absolute atomic E-state index is 0.153. The van der Waals surface area contributed by atoms with E-state index in [0.29, 0.717) is 69.7 Å². The summed E-state index contributed by atoms with van der Waals surface area (Å²) in [7, 11) is 0. The third kappa shape index (κ3) is 6.90. The fourth-order valence-electron chi connectivity index (χ4n) is 5.87. The van der Waals surface area contributed by atoms with Gasteiger partial charge in [-0.3, -0.25) is 4.79 Å². The first kappa shape index (κ1) is 30.3. The molecule has 0 bridgehead atoms. The van der Waals surface area contributed by atoms with Gasteiger partial charge in [-0.25, -0.2) is 4.68 Å². The molecule has 0 saturated carbocycles. The number of aldehydes is 1. The number of nitrogens with two attached hydrogens (primary N) is 1. The number of carboxylic acids is 1. The maximum absolute atomic E-state index is 14.6. The number of halogens is 3. The average Bonchev–Trinajstić information content (AvgIpc) is 3.58. The maximum Gasteiger partial charge on any atom is 0.429 e. The van der Waals surface area contributed by atoms with Crippen molar-refractivity contribution >= 4 is 24.0 Å². The molecule has 1 spiro atoms. The van der Waals surface area contributed by atoms with E-state index in [1.54, 1.807) is 31.3 Å². The van der Waals surface area contributed by atoms with E-state index in [9.17, 15) is 27.9 Å². The monoisotopic (exact) mass is 601 g/mol. The third-order valence-corrected chi connectivity index (χ3v) is 8.18. The molecule has 2 atom stereocenters. The number of hydrogen-bond acceptors (Lipinski definition) is 9. The lowest BCUT2D eigenvalue weighted by atomic mass is 9.76. The van der Waals surface area contributed by atoms with E-state index in [4.69, 9.17) is 10.5 Å². The average molecular weight is 602 g/mol. The van der Waals surface area contributed by atoms with Crippen LogP contribution in [0.25, 0.3) is 5.69 Å². The topological polar surface area (TPSA) is 148 Å². The van der Waals surface area contributed by atoms with Crippen LogP contribution >= 0.6 is 0 Å². The minimum Gasteiger partial charge on any atom is -0.480 e. The van der Waals surface area contributed by atoms with Crippen LogP contribution in [0.3, 0.4) is 0 Å². The molecule has 2 saturated heterocycles. The summed E-state index contributed by atoms with van der Waals surface area (Å²) in [5, 5.41) is 16.8. The lowest BCUT2D eigenvalue weighted by Crippen LogP contribution is -2.41. The second-order valence-electron chi connectivity index (χ2n) is 11.3. The summed E-state index contributed by atoms with van der Waals surface area (Å²) >= 11 is 0. The number of carboxylic acid groups (broad SMARTS) is 1. The molecule has 5 rings (SSSR count). The summed E-state index contributed by atoms with van der Waals surface area (Å²) in [6, 6.07) is 7.06. The fourth-order valence-corrected chi connectivity index (χ4v) is 5.87. The molecule has 0 radical (unpaired) electrons. The smallest absolute Gasteiger partial charge is 0.429 e. The van der Waals surface area contributed by atoms with Gasteiger partial charge in [0.1, 0.15) is 18.1 Å². The van der Waals surface area contributed by atoms with Crippen LogP contribution in [0.1, 0.15) is 55.0 Å². The molecule has 4 N–H and O–H groups in total. The van der Waals surface area contributed by atoms with Gasteiger partial charge in [0.2, 0.25) is 17.9 Å². The molecule has 0 unspecified atom stereocenters. The molecule has 11 nitrogen and oxygen atoms in total. The molecule has 2 aliphatic heterocycles. The van der Waals surface area contributed by atoms with E-state index in [0.717, 1.165) is 11.8 Å². The van der Waals surface area contributed by atoms with Gasteiger partial charge in [0.05, 0.1) is 11.4 Å². The Morgan fingerprint density at radius 3 is 2.65 bits per heavy atom. The Morgan fingerprint density at radius 1 is 1.26 bits per heavy atom. The van der Waals surface area contributed by atoms with Gasteiger partial charge in [0, 0.05) is 43.9 Å². The second kappa shape index (κ2) is 12.2. The van der Waals surface area contributed by atoms with Crippen molar-refractivity contribution in [2.45, 2.75) is 63.8 Å². The highest BCUT2D eigenvalue weighted by atomic mass is 19.4. The van der Waals surface area contributed by atoms with Gasteiger partial charge in [-0.2, -0.15) is 28.2 Å². The van der Waals surface area contributed by atoms with Crippen molar-refractivity contribution in [2.24, 2.45) is 5.41 Å². The molecule has 0 aliphatic carbocycles. The standard InChI is InChI=1S/C29H34F3N7O4/c1-18-7-10-39(37-18)22-14-19(4-2-3-13-40)5-6-20(22)25(29(30,31)32)43-24-15-23(35-27(33)36-24)38-11-8-28(9-12-38)16-21(26(41)42)34-17-28/h5-7,10,13-15,21,25,34H,2-4,8-9,11-12,16-17H2,1H3,(H,41,42)(H2,33,35,36)/t21-,25+/m0/s1. The highest BCUT2D eigenvalue weighted by Gasteiger charge is 2.46. The molecule has 4 heterocycles. The molecular weight excluding hydrogens is 567 g/mol. The molecule has 1 aromatic carbocycles. The van der Waals surface area contributed by atoms with E-state index in [1.807, 2.05) is 4.90 Å². The number of rotatable bonds is 10. The molecule has 14 heteroatoms. The number of aromatic nitrogens is 4. The Morgan fingerprint density at radius 2 is 2.02 bits per heavy atom. The number of alkyl halides is 3. The highest BCUT2D eigenvalue weighted by molar-refractivity contribution is 5.74. The SMILES string of the molecule is Cc1ccn(-c2cc(CCCC=O)ccc2[C@@H](Oc2cc(N3CCC4(CC3)CN[C@H](C(=O)O)C4)nc(N)n2)C(F)(F)F)n1. The zero-order valence-corrected chi connectivity index (χ0v) is 23.7.